The molecule has 0 N–H and O–H groups in total. The maximum atomic E-state index is 12.4. The largest absolute Gasteiger partial charge is 0.486 e. The number of ether oxygens (including phenoxy) is 4. The van der Waals surface area contributed by atoms with Gasteiger partial charge in [-0.1, -0.05) is 0 Å². The molecule has 0 spiro atoms. The monoisotopic (exact) mass is 428 g/mol. The summed E-state index contributed by atoms with van der Waals surface area (Å²) in [5, 5.41) is 11.5. The first-order valence-electron chi connectivity index (χ1n) is 9.74. The van der Waals surface area contributed by atoms with Crippen molar-refractivity contribution < 1.29 is 33.5 Å². The molecular formula is C21H20N2O8. The normalized spacial score (nSPS) is 15.3. The molecule has 0 atom stereocenters. The number of esters is 1. The number of nitro groups is 1. The van der Waals surface area contributed by atoms with Crippen LogP contribution in [0.4, 0.5) is 11.4 Å². The molecule has 0 aromatic heterocycles. The molecule has 1 fully saturated rings. The molecule has 31 heavy (non-hydrogen) atoms. The highest BCUT2D eigenvalue weighted by atomic mass is 16.6. The molecular weight excluding hydrogens is 408 g/mol. The van der Waals surface area contributed by atoms with Gasteiger partial charge in [0.05, 0.1) is 23.7 Å². The van der Waals surface area contributed by atoms with E-state index in [1.165, 1.54) is 24.3 Å². The van der Waals surface area contributed by atoms with Crippen LogP contribution >= 0.6 is 0 Å². The Morgan fingerprint density at radius 1 is 0.968 bits per heavy atom. The second-order valence-electron chi connectivity index (χ2n) is 6.92. The van der Waals surface area contributed by atoms with Gasteiger partial charge in [0.2, 0.25) is 0 Å². The van der Waals surface area contributed by atoms with Gasteiger partial charge in [-0.05, 0) is 30.3 Å². The van der Waals surface area contributed by atoms with Crippen LogP contribution in [0.15, 0.2) is 36.4 Å². The van der Waals surface area contributed by atoms with Gasteiger partial charge < -0.3 is 23.8 Å². The number of carbonyl (C=O) groups excluding carboxylic acids is 2. The average molecular weight is 428 g/mol. The van der Waals surface area contributed by atoms with Crippen molar-refractivity contribution in [2.24, 2.45) is 0 Å². The molecule has 0 bridgehead atoms. The fraction of sp³-hybridized carbons (Fsp3) is 0.333. The average Bonchev–Trinajstić information content (AvgIpc) is 2.82. The molecule has 4 rings (SSSR count). The Balaban J connectivity index is 1.44. The van der Waals surface area contributed by atoms with Crippen LogP contribution in [0.2, 0.25) is 0 Å². The van der Waals surface area contributed by atoms with Crippen LogP contribution in [0.25, 0.3) is 0 Å². The van der Waals surface area contributed by atoms with Gasteiger partial charge in [-0.15, -0.1) is 0 Å². The summed E-state index contributed by atoms with van der Waals surface area (Å²) < 4.78 is 21.2. The third kappa shape index (κ3) is 4.58. The molecule has 0 amide bonds. The predicted molar refractivity (Wildman–Crippen MR) is 108 cm³/mol. The number of hydrogen-bond acceptors (Lipinski definition) is 9. The Labute approximate surface area is 177 Å². The Morgan fingerprint density at radius 3 is 2.42 bits per heavy atom. The Kier molecular flexibility index (Phi) is 5.99. The van der Waals surface area contributed by atoms with Gasteiger partial charge in [0, 0.05) is 24.7 Å². The molecule has 2 aliphatic heterocycles. The minimum atomic E-state index is -0.817. The third-order valence-electron chi connectivity index (χ3n) is 4.96. The molecule has 2 aliphatic rings. The van der Waals surface area contributed by atoms with Gasteiger partial charge in [0.1, 0.15) is 18.9 Å². The number of ketones is 1. The number of rotatable bonds is 6. The summed E-state index contributed by atoms with van der Waals surface area (Å²) in [4.78, 5) is 37.6. The van der Waals surface area contributed by atoms with Crippen molar-refractivity contribution in [2.75, 3.05) is 51.0 Å². The predicted octanol–water partition coefficient (Wildman–Crippen LogP) is 2.24. The highest BCUT2D eigenvalue weighted by molar-refractivity contribution is 6.00. The topological polar surface area (TPSA) is 117 Å². The van der Waals surface area contributed by atoms with E-state index in [9.17, 15) is 19.7 Å². The molecule has 0 aliphatic carbocycles. The number of nitrogens with zero attached hydrogens (tertiary/aromatic N) is 2. The molecule has 2 aromatic rings. The number of Topliss-reactive ketones (excluding diaryl/α,β-unsaturated/α-hetero) is 1. The van der Waals surface area contributed by atoms with Gasteiger partial charge in [-0.2, -0.15) is 0 Å². The van der Waals surface area contributed by atoms with Crippen LogP contribution in [0.5, 0.6) is 11.5 Å². The SMILES string of the molecule is O=C(COC(=O)c1ccc(N2CCOCC2)c([N+](=O)[O-])c1)c1ccc2c(c1)OCCO2. The summed E-state index contributed by atoms with van der Waals surface area (Å²) in [6.07, 6.45) is 0. The van der Waals surface area contributed by atoms with Gasteiger partial charge in [-0.3, -0.25) is 14.9 Å². The zero-order chi connectivity index (χ0) is 21.8. The summed E-state index contributed by atoms with van der Waals surface area (Å²) in [6, 6.07) is 8.86. The third-order valence-corrected chi connectivity index (χ3v) is 4.96. The number of nitro benzene ring substituents is 1. The first-order chi connectivity index (χ1) is 15.0. The van der Waals surface area contributed by atoms with Crippen molar-refractivity contribution >= 4 is 23.1 Å². The summed E-state index contributed by atoms with van der Waals surface area (Å²) in [5.41, 5.74) is 0.524. The van der Waals surface area contributed by atoms with Gasteiger partial charge in [0.25, 0.3) is 5.69 Å². The molecule has 2 aromatic carbocycles. The Bertz CT molecular complexity index is 1020. The maximum absolute atomic E-state index is 12.4. The van der Waals surface area contributed by atoms with Gasteiger partial charge in [0.15, 0.2) is 23.9 Å². The van der Waals surface area contributed by atoms with Crippen LogP contribution in [0, 0.1) is 10.1 Å². The maximum Gasteiger partial charge on any atom is 0.338 e. The van der Waals surface area contributed by atoms with Crippen LogP contribution < -0.4 is 14.4 Å². The lowest BCUT2D eigenvalue weighted by atomic mass is 10.1. The quantitative estimate of drug-likeness (QED) is 0.295. The second-order valence-corrected chi connectivity index (χ2v) is 6.92. The van der Waals surface area contributed by atoms with Crippen LogP contribution in [0.3, 0.4) is 0 Å². The minimum Gasteiger partial charge on any atom is -0.486 e. The zero-order valence-corrected chi connectivity index (χ0v) is 16.6. The molecule has 0 radical (unpaired) electrons. The molecule has 0 unspecified atom stereocenters. The van der Waals surface area contributed by atoms with Crippen molar-refractivity contribution in [3.63, 3.8) is 0 Å². The standard InChI is InChI=1S/C21H20N2O8/c24-18(14-2-4-19-20(12-14)30-10-9-29-19)13-31-21(25)15-1-3-16(17(11-15)23(26)27)22-5-7-28-8-6-22/h1-4,11-12H,5-10,13H2. The molecule has 1 saturated heterocycles. The molecule has 2 heterocycles. The lowest BCUT2D eigenvalue weighted by Gasteiger charge is -2.28. The zero-order valence-electron chi connectivity index (χ0n) is 16.6. The van der Waals surface area contributed by atoms with E-state index in [4.69, 9.17) is 18.9 Å². The van der Waals surface area contributed by atoms with E-state index in [0.717, 1.165) is 0 Å². The van der Waals surface area contributed by atoms with Crippen molar-refractivity contribution in [3.05, 3.63) is 57.6 Å². The summed E-state index contributed by atoms with van der Waals surface area (Å²) in [6.45, 7) is 2.32. The second kappa shape index (κ2) is 9.00. The van der Waals surface area contributed by atoms with E-state index in [1.54, 1.807) is 12.1 Å². The summed E-state index contributed by atoms with van der Waals surface area (Å²) in [5.74, 6) is -0.238. The Morgan fingerprint density at radius 2 is 1.68 bits per heavy atom. The van der Waals surface area contributed by atoms with Crippen molar-refractivity contribution in [1.82, 2.24) is 0 Å². The minimum absolute atomic E-state index is 0.00122. The van der Waals surface area contributed by atoms with Crippen LogP contribution in [0.1, 0.15) is 20.7 Å². The van der Waals surface area contributed by atoms with Crippen LogP contribution in [-0.4, -0.2) is 62.8 Å². The van der Waals surface area contributed by atoms with E-state index in [-0.39, 0.29) is 11.3 Å². The van der Waals surface area contributed by atoms with Gasteiger partial charge in [-0.25, -0.2) is 4.79 Å². The number of fused-ring (bicyclic) bond motifs is 1. The molecule has 10 nitrogen and oxygen atoms in total. The Hall–Kier alpha value is -3.66. The molecule has 10 heteroatoms. The number of benzene rings is 2. The van der Waals surface area contributed by atoms with E-state index in [2.05, 4.69) is 0 Å². The first-order valence-corrected chi connectivity index (χ1v) is 9.74. The lowest BCUT2D eigenvalue weighted by molar-refractivity contribution is -0.384. The number of morpholine rings is 1. The van der Waals surface area contributed by atoms with Gasteiger partial charge >= 0.3 is 5.97 Å². The van der Waals surface area contributed by atoms with Crippen LogP contribution in [-0.2, 0) is 9.47 Å². The molecule has 0 saturated carbocycles. The van der Waals surface area contributed by atoms with E-state index >= 15 is 0 Å². The van der Waals surface area contributed by atoms with Crippen molar-refractivity contribution in [2.45, 2.75) is 0 Å². The molecule has 162 valence electrons. The highest BCUT2D eigenvalue weighted by Crippen LogP contribution is 2.31. The van der Waals surface area contributed by atoms with E-state index in [0.29, 0.717) is 62.3 Å². The van der Waals surface area contributed by atoms with Crippen molar-refractivity contribution in [1.29, 1.82) is 0 Å². The van der Waals surface area contributed by atoms with E-state index in [1.807, 2.05) is 4.90 Å². The summed E-state index contributed by atoms with van der Waals surface area (Å²) >= 11 is 0. The number of carbonyl (C=O) groups is 2. The number of hydrogen-bond donors (Lipinski definition) is 0. The fourth-order valence-corrected chi connectivity index (χ4v) is 3.38. The highest BCUT2D eigenvalue weighted by Gasteiger charge is 2.24. The van der Waals surface area contributed by atoms with E-state index < -0.39 is 23.3 Å². The summed E-state index contributed by atoms with van der Waals surface area (Å²) in [7, 11) is 0. The lowest BCUT2D eigenvalue weighted by Crippen LogP contribution is -2.36. The smallest absolute Gasteiger partial charge is 0.338 e. The number of anilines is 1. The van der Waals surface area contributed by atoms with Crippen molar-refractivity contribution in [3.8, 4) is 11.5 Å². The first kappa shape index (κ1) is 20.6. The fourth-order valence-electron chi connectivity index (χ4n) is 3.38.